The third-order valence-electron chi connectivity index (χ3n) is 4.95. The lowest BCUT2D eigenvalue weighted by atomic mass is 10.0. The number of urea groups is 1. The maximum Gasteiger partial charge on any atom is 0.325 e. The van der Waals surface area contributed by atoms with Crippen molar-refractivity contribution in [3.8, 4) is 5.75 Å². The molecule has 1 saturated heterocycles. The van der Waals surface area contributed by atoms with Gasteiger partial charge in [-0.3, -0.25) is 14.5 Å². The van der Waals surface area contributed by atoms with Crippen molar-refractivity contribution in [2.75, 3.05) is 13.2 Å². The number of imide groups is 1. The molecule has 1 aliphatic rings. The number of benzene rings is 2. The Morgan fingerprint density at radius 1 is 1.13 bits per heavy atom. The van der Waals surface area contributed by atoms with Crippen molar-refractivity contribution in [1.29, 1.82) is 0 Å². The minimum atomic E-state index is -1.75. The Hall–Kier alpha value is -2.91. The summed E-state index contributed by atoms with van der Waals surface area (Å²) in [7, 11) is 0. The summed E-state index contributed by atoms with van der Waals surface area (Å²) in [6.45, 7) is 2.55. The standard InChI is InChI=1S/C22H24BrN3O5/c1-21(2)19(28)26(20(29)25-21)13-22(18(24)27,31-12-15-6-4-3-5-7-15)14-30-17-10-8-16(23)9-11-17/h3-11H,12-14H2,1-2H3,(H2,24,27)(H,25,29)/t22-/m1/s1. The van der Waals surface area contributed by atoms with E-state index in [1.165, 1.54) is 0 Å². The fourth-order valence-corrected chi connectivity index (χ4v) is 3.36. The van der Waals surface area contributed by atoms with Gasteiger partial charge in [0.2, 0.25) is 0 Å². The molecule has 4 amide bonds. The molecule has 0 unspecified atom stereocenters. The summed E-state index contributed by atoms with van der Waals surface area (Å²) in [5.74, 6) is -0.837. The fraction of sp³-hybridized carbons (Fsp3) is 0.318. The number of nitrogens with zero attached hydrogens (tertiary/aromatic N) is 1. The molecule has 1 heterocycles. The number of hydrogen-bond donors (Lipinski definition) is 2. The SMILES string of the molecule is CC1(C)NC(=O)N(C[C@](COc2ccc(Br)cc2)(OCc2ccccc2)C(N)=O)C1=O. The van der Waals surface area contributed by atoms with Crippen LogP contribution in [0.2, 0.25) is 0 Å². The van der Waals surface area contributed by atoms with E-state index in [2.05, 4.69) is 21.2 Å². The van der Waals surface area contributed by atoms with E-state index in [1.54, 1.807) is 38.1 Å². The molecule has 1 aliphatic heterocycles. The number of ether oxygens (including phenoxy) is 2. The molecular formula is C22H24BrN3O5. The summed E-state index contributed by atoms with van der Waals surface area (Å²) < 4.78 is 12.6. The number of primary amides is 1. The van der Waals surface area contributed by atoms with Gasteiger partial charge >= 0.3 is 6.03 Å². The number of nitrogens with one attached hydrogen (secondary N) is 1. The van der Waals surface area contributed by atoms with Gasteiger partial charge in [-0.05, 0) is 43.7 Å². The van der Waals surface area contributed by atoms with Crippen molar-refractivity contribution < 1.29 is 23.9 Å². The van der Waals surface area contributed by atoms with Crippen molar-refractivity contribution in [1.82, 2.24) is 10.2 Å². The number of amides is 4. The van der Waals surface area contributed by atoms with Crippen LogP contribution in [0, 0.1) is 0 Å². The summed E-state index contributed by atoms with van der Waals surface area (Å²) >= 11 is 3.35. The second-order valence-electron chi connectivity index (χ2n) is 7.82. The zero-order valence-corrected chi connectivity index (χ0v) is 18.8. The number of halogens is 1. The minimum Gasteiger partial charge on any atom is -0.490 e. The van der Waals surface area contributed by atoms with Gasteiger partial charge in [-0.1, -0.05) is 46.3 Å². The van der Waals surface area contributed by atoms with E-state index in [1.807, 2.05) is 30.3 Å². The van der Waals surface area contributed by atoms with E-state index in [0.29, 0.717) is 5.75 Å². The highest BCUT2D eigenvalue weighted by atomic mass is 79.9. The van der Waals surface area contributed by atoms with Crippen LogP contribution >= 0.6 is 15.9 Å². The molecule has 0 aromatic heterocycles. The number of rotatable bonds is 9. The van der Waals surface area contributed by atoms with Crippen LogP contribution in [0.15, 0.2) is 59.1 Å². The quantitative estimate of drug-likeness (QED) is 0.525. The summed E-state index contributed by atoms with van der Waals surface area (Å²) in [6, 6.07) is 15.6. The molecular weight excluding hydrogens is 466 g/mol. The normalized spacial score (nSPS) is 17.2. The van der Waals surface area contributed by atoms with Crippen LogP contribution in [0.4, 0.5) is 4.79 Å². The van der Waals surface area contributed by atoms with Crippen LogP contribution in [0.1, 0.15) is 19.4 Å². The summed E-state index contributed by atoms with van der Waals surface area (Å²) in [5.41, 5.74) is 3.70. The van der Waals surface area contributed by atoms with E-state index >= 15 is 0 Å². The molecule has 0 spiro atoms. The van der Waals surface area contributed by atoms with Crippen molar-refractivity contribution in [2.24, 2.45) is 5.73 Å². The smallest absolute Gasteiger partial charge is 0.325 e. The van der Waals surface area contributed by atoms with Gasteiger partial charge in [0.05, 0.1) is 13.2 Å². The number of nitrogens with two attached hydrogens (primary N) is 1. The van der Waals surface area contributed by atoms with Gasteiger partial charge in [0.15, 0.2) is 5.60 Å². The maximum atomic E-state index is 12.7. The molecule has 31 heavy (non-hydrogen) atoms. The third kappa shape index (κ3) is 5.23. The first-order valence-corrected chi connectivity index (χ1v) is 10.4. The fourth-order valence-electron chi connectivity index (χ4n) is 3.10. The Morgan fingerprint density at radius 2 is 1.77 bits per heavy atom. The molecule has 0 radical (unpaired) electrons. The van der Waals surface area contributed by atoms with Crippen LogP contribution in [-0.4, -0.2) is 47.0 Å². The largest absolute Gasteiger partial charge is 0.490 e. The van der Waals surface area contributed by atoms with Gasteiger partial charge in [-0.2, -0.15) is 0 Å². The molecule has 0 saturated carbocycles. The Balaban J connectivity index is 1.87. The number of carbonyl (C=O) groups excluding carboxylic acids is 3. The van der Waals surface area contributed by atoms with Crippen LogP contribution in [-0.2, 0) is 20.9 Å². The highest BCUT2D eigenvalue weighted by molar-refractivity contribution is 9.10. The van der Waals surface area contributed by atoms with Crippen molar-refractivity contribution in [3.05, 3.63) is 64.6 Å². The van der Waals surface area contributed by atoms with Crippen LogP contribution < -0.4 is 15.8 Å². The molecule has 0 bridgehead atoms. The summed E-state index contributed by atoms with van der Waals surface area (Å²) in [6.07, 6.45) is 0. The molecule has 9 heteroatoms. The molecule has 3 N–H and O–H groups in total. The summed E-state index contributed by atoms with van der Waals surface area (Å²) in [5, 5.41) is 2.59. The molecule has 0 aliphatic carbocycles. The zero-order chi connectivity index (χ0) is 22.6. The van der Waals surface area contributed by atoms with E-state index < -0.39 is 29.0 Å². The molecule has 8 nitrogen and oxygen atoms in total. The predicted octanol–water partition coefficient (Wildman–Crippen LogP) is 2.60. The van der Waals surface area contributed by atoms with Gasteiger partial charge < -0.3 is 20.5 Å². The molecule has 164 valence electrons. The maximum absolute atomic E-state index is 12.7. The number of carbonyl (C=O) groups is 3. The molecule has 2 aromatic carbocycles. The van der Waals surface area contributed by atoms with Crippen LogP contribution in [0.25, 0.3) is 0 Å². The first kappa shape index (κ1) is 22.8. The van der Waals surface area contributed by atoms with E-state index in [4.69, 9.17) is 15.2 Å². The molecule has 2 aromatic rings. The second kappa shape index (κ2) is 9.07. The highest BCUT2D eigenvalue weighted by Gasteiger charge is 2.50. The van der Waals surface area contributed by atoms with Crippen LogP contribution in [0.5, 0.6) is 5.75 Å². The lowest BCUT2D eigenvalue weighted by molar-refractivity contribution is -0.155. The topological polar surface area (TPSA) is 111 Å². The van der Waals surface area contributed by atoms with Gasteiger partial charge in [-0.15, -0.1) is 0 Å². The Kier molecular flexibility index (Phi) is 6.66. The average molecular weight is 490 g/mol. The van der Waals surface area contributed by atoms with E-state index in [9.17, 15) is 14.4 Å². The van der Waals surface area contributed by atoms with E-state index in [0.717, 1.165) is 14.9 Å². The lowest BCUT2D eigenvalue weighted by Crippen LogP contribution is -2.59. The molecule has 1 fully saturated rings. The first-order chi connectivity index (χ1) is 14.6. The second-order valence-corrected chi connectivity index (χ2v) is 8.74. The van der Waals surface area contributed by atoms with Gasteiger partial charge in [0.1, 0.15) is 17.9 Å². The third-order valence-corrected chi connectivity index (χ3v) is 5.48. The van der Waals surface area contributed by atoms with Crippen molar-refractivity contribution >= 4 is 33.8 Å². The number of hydrogen-bond acceptors (Lipinski definition) is 5. The summed E-state index contributed by atoms with van der Waals surface area (Å²) in [4.78, 5) is 38.7. The van der Waals surface area contributed by atoms with Crippen molar-refractivity contribution in [3.63, 3.8) is 0 Å². The monoisotopic (exact) mass is 489 g/mol. The Morgan fingerprint density at radius 3 is 2.32 bits per heavy atom. The first-order valence-electron chi connectivity index (χ1n) is 9.63. The Labute approximate surface area is 188 Å². The highest BCUT2D eigenvalue weighted by Crippen LogP contribution is 2.25. The van der Waals surface area contributed by atoms with E-state index in [-0.39, 0.29) is 19.8 Å². The molecule has 3 rings (SSSR count). The van der Waals surface area contributed by atoms with Gasteiger partial charge in [0, 0.05) is 4.47 Å². The Bertz CT molecular complexity index is 965. The predicted molar refractivity (Wildman–Crippen MR) is 117 cm³/mol. The minimum absolute atomic E-state index is 0.0422. The lowest BCUT2D eigenvalue weighted by Gasteiger charge is -2.33. The zero-order valence-electron chi connectivity index (χ0n) is 17.3. The van der Waals surface area contributed by atoms with Crippen LogP contribution in [0.3, 0.4) is 0 Å². The van der Waals surface area contributed by atoms with Gasteiger partial charge in [0.25, 0.3) is 11.8 Å². The van der Waals surface area contributed by atoms with Crippen molar-refractivity contribution in [2.45, 2.75) is 31.6 Å². The average Bonchev–Trinajstić information content (AvgIpc) is 2.93. The molecule has 1 atom stereocenters. The van der Waals surface area contributed by atoms with Gasteiger partial charge in [-0.25, -0.2) is 4.79 Å².